The molecule has 0 aliphatic carbocycles. The smallest absolute Gasteiger partial charge is 0.259 e. The van der Waals surface area contributed by atoms with Gasteiger partial charge in [-0.1, -0.05) is 39.0 Å². The van der Waals surface area contributed by atoms with Crippen LogP contribution in [0.5, 0.6) is 0 Å². The molecule has 7 heteroatoms. The summed E-state index contributed by atoms with van der Waals surface area (Å²) in [6, 6.07) is 15.3. The highest BCUT2D eigenvalue weighted by molar-refractivity contribution is 5.98. The van der Waals surface area contributed by atoms with Crippen molar-refractivity contribution in [2.45, 2.75) is 52.1 Å². The van der Waals surface area contributed by atoms with Gasteiger partial charge < -0.3 is 20.5 Å². The molecule has 4 heterocycles. The number of piperazine rings is 1. The van der Waals surface area contributed by atoms with E-state index in [1.54, 1.807) is 4.57 Å². The van der Waals surface area contributed by atoms with Gasteiger partial charge in [-0.2, -0.15) is 0 Å². The fourth-order valence-corrected chi connectivity index (χ4v) is 5.69. The van der Waals surface area contributed by atoms with Crippen molar-refractivity contribution in [1.29, 1.82) is 0 Å². The minimum atomic E-state index is -0.352. The number of hydrogen-bond donors (Lipinski definition) is 3. The minimum absolute atomic E-state index is 0.0413. The zero-order chi connectivity index (χ0) is 25.9. The van der Waals surface area contributed by atoms with Crippen molar-refractivity contribution < 1.29 is 0 Å². The molecule has 37 heavy (non-hydrogen) atoms. The summed E-state index contributed by atoms with van der Waals surface area (Å²) in [5.74, 6) is 0.645. The second kappa shape index (κ2) is 8.48. The summed E-state index contributed by atoms with van der Waals surface area (Å²) in [7, 11) is 0. The normalized spacial score (nSPS) is 17.2. The fourth-order valence-electron chi connectivity index (χ4n) is 5.69. The minimum Gasteiger partial charge on any atom is -0.369 e. The van der Waals surface area contributed by atoms with Gasteiger partial charge in [0, 0.05) is 60.1 Å². The van der Waals surface area contributed by atoms with Crippen LogP contribution in [0.1, 0.15) is 40.2 Å². The Morgan fingerprint density at radius 1 is 0.973 bits per heavy atom. The lowest BCUT2D eigenvalue weighted by Gasteiger charge is -2.29. The Hall–Kier alpha value is -3.58. The summed E-state index contributed by atoms with van der Waals surface area (Å²) in [6.07, 6.45) is 2.00. The number of aromatic nitrogens is 3. The first-order chi connectivity index (χ1) is 17.6. The van der Waals surface area contributed by atoms with Gasteiger partial charge in [-0.25, -0.2) is 4.98 Å². The molecule has 0 saturated carbocycles. The first-order valence-electron chi connectivity index (χ1n) is 13.2. The van der Waals surface area contributed by atoms with Crippen LogP contribution in [0.3, 0.4) is 0 Å². The quantitative estimate of drug-likeness (QED) is 0.373. The molecule has 2 aromatic carbocycles. The van der Waals surface area contributed by atoms with Crippen LogP contribution in [0.2, 0.25) is 0 Å². The van der Waals surface area contributed by atoms with Gasteiger partial charge in [0.1, 0.15) is 0 Å². The summed E-state index contributed by atoms with van der Waals surface area (Å²) >= 11 is 0. The molecule has 0 atom stereocenters. The number of hydrogen-bond acceptors (Lipinski definition) is 5. The van der Waals surface area contributed by atoms with Crippen LogP contribution >= 0.6 is 0 Å². The average molecular weight is 497 g/mol. The van der Waals surface area contributed by atoms with Gasteiger partial charge >= 0.3 is 0 Å². The molecule has 0 amide bonds. The molecule has 192 valence electrons. The molecule has 1 saturated heterocycles. The highest BCUT2D eigenvalue weighted by atomic mass is 16.1. The third-order valence-electron chi connectivity index (χ3n) is 7.54. The van der Waals surface area contributed by atoms with Crippen molar-refractivity contribution in [2.24, 2.45) is 0 Å². The number of anilines is 2. The van der Waals surface area contributed by atoms with Crippen molar-refractivity contribution in [3.63, 3.8) is 0 Å². The first-order valence-corrected chi connectivity index (χ1v) is 13.2. The third kappa shape index (κ3) is 4.21. The Kier molecular flexibility index (Phi) is 5.46. The summed E-state index contributed by atoms with van der Waals surface area (Å²) in [6.45, 7) is 15.2. The van der Waals surface area contributed by atoms with E-state index in [2.05, 4.69) is 97.6 Å². The number of H-pyrrole nitrogens is 1. The molecule has 1 fully saturated rings. The van der Waals surface area contributed by atoms with Gasteiger partial charge in [0.05, 0.1) is 17.8 Å². The maximum atomic E-state index is 13.8. The lowest BCUT2D eigenvalue weighted by molar-refractivity contribution is 0.506. The number of nitrogens with one attached hydrogen (secondary N) is 3. The van der Waals surface area contributed by atoms with Gasteiger partial charge in [0.15, 0.2) is 0 Å². The van der Waals surface area contributed by atoms with Crippen LogP contribution in [-0.4, -0.2) is 46.3 Å². The van der Waals surface area contributed by atoms with Crippen LogP contribution in [0.25, 0.3) is 33.3 Å². The molecule has 0 bridgehead atoms. The number of rotatable bonds is 3. The molecule has 4 aromatic rings. The van der Waals surface area contributed by atoms with Gasteiger partial charge in [0.2, 0.25) is 5.95 Å². The molecule has 2 aromatic heterocycles. The predicted octanol–water partition coefficient (Wildman–Crippen LogP) is 4.97. The molecule has 2 aliphatic rings. The Labute approximate surface area is 217 Å². The highest BCUT2D eigenvalue weighted by Crippen LogP contribution is 2.37. The van der Waals surface area contributed by atoms with E-state index in [0.717, 1.165) is 59.5 Å². The molecule has 2 aliphatic heterocycles. The van der Waals surface area contributed by atoms with Gasteiger partial charge in [-0.05, 0) is 54.7 Å². The van der Waals surface area contributed by atoms with E-state index in [1.807, 2.05) is 6.20 Å². The van der Waals surface area contributed by atoms with E-state index in [0.29, 0.717) is 12.5 Å². The largest absolute Gasteiger partial charge is 0.369 e. The molecule has 0 radical (unpaired) electrons. The Morgan fingerprint density at radius 2 is 1.68 bits per heavy atom. The van der Waals surface area contributed by atoms with E-state index in [9.17, 15) is 4.79 Å². The molecule has 0 spiro atoms. The van der Waals surface area contributed by atoms with E-state index in [-0.39, 0.29) is 16.5 Å². The van der Waals surface area contributed by atoms with Crippen LogP contribution in [0.15, 0.2) is 53.5 Å². The van der Waals surface area contributed by atoms with Crippen molar-refractivity contribution >= 4 is 22.5 Å². The van der Waals surface area contributed by atoms with Crippen molar-refractivity contribution in [2.75, 3.05) is 36.4 Å². The fraction of sp³-hybridized carbons (Fsp3) is 0.400. The maximum Gasteiger partial charge on any atom is 0.259 e. The highest BCUT2D eigenvalue weighted by Gasteiger charge is 2.35. The standard InChI is InChI=1S/C30H36N6O/c1-29(2,3)25-26(33-28-34-30(4,5)18-36(28)27(25)37)23-17-32-24-11-8-20(16-22(23)24)19-6-9-21(10-7-19)35-14-12-31-13-15-35/h6-11,16-17,31-32H,12-15,18H2,1-5H3,(H,33,34). The van der Waals surface area contributed by atoms with Crippen molar-refractivity contribution in [3.05, 3.63) is 64.6 Å². The zero-order valence-electron chi connectivity index (χ0n) is 22.4. The van der Waals surface area contributed by atoms with Gasteiger partial charge in [0.25, 0.3) is 5.56 Å². The maximum absolute atomic E-state index is 13.8. The Morgan fingerprint density at radius 3 is 2.38 bits per heavy atom. The summed E-state index contributed by atoms with van der Waals surface area (Å²) < 4.78 is 1.80. The van der Waals surface area contributed by atoms with E-state index >= 15 is 0 Å². The third-order valence-corrected chi connectivity index (χ3v) is 7.54. The molecular weight excluding hydrogens is 460 g/mol. The van der Waals surface area contributed by atoms with Crippen molar-refractivity contribution in [3.8, 4) is 22.4 Å². The lowest BCUT2D eigenvalue weighted by atomic mass is 9.84. The van der Waals surface area contributed by atoms with Crippen LogP contribution in [0, 0.1) is 0 Å². The zero-order valence-corrected chi connectivity index (χ0v) is 22.4. The van der Waals surface area contributed by atoms with Gasteiger partial charge in [-0.3, -0.25) is 9.36 Å². The Balaban J connectivity index is 1.45. The molecule has 0 unspecified atom stereocenters. The van der Waals surface area contributed by atoms with Crippen molar-refractivity contribution in [1.82, 2.24) is 19.9 Å². The van der Waals surface area contributed by atoms with E-state index < -0.39 is 0 Å². The summed E-state index contributed by atoms with van der Waals surface area (Å²) in [5.41, 5.74) is 6.57. The topological polar surface area (TPSA) is 78.0 Å². The number of aromatic amines is 1. The Bertz CT molecular complexity index is 1530. The second-order valence-corrected chi connectivity index (χ2v) is 12.1. The van der Waals surface area contributed by atoms with Crippen LogP contribution in [-0.2, 0) is 12.0 Å². The summed E-state index contributed by atoms with van der Waals surface area (Å²) in [4.78, 5) is 24.7. The monoisotopic (exact) mass is 496 g/mol. The molecule has 6 rings (SSSR count). The first kappa shape index (κ1) is 23.8. The predicted molar refractivity (Wildman–Crippen MR) is 153 cm³/mol. The van der Waals surface area contributed by atoms with E-state index in [1.165, 1.54) is 11.3 Å². The van der Waals surface area contributed by atoms with Gasteiger partial charge in [-0.15, -0.1) is 0 Å². The number of fused-ring (bicyclic) bond motifs is 2. The second-order valence-electron chi connectivity index (χ2n) is 12.1. The average Bonchev–Trinajstić information content (AvgIpc) is 3.43. The molecule has 7 nitrogen and oxygen atoms in total. The number of nitrogens with zero attached hydrogens (tertiary/aromatic N) is 3. The van der Waals surface area contributed by atoms with E-state index in [4.69, 9.17) is 4.98 Å². The van der Waals surface area contributed by atoms with Crippen LogP contribution in [0.4, 0.5) is 11.6 Å². The van der Waals surface area contributed by atoms with Crippen LogP contribution < -0.4 is 21.1 Å². The molecule has 3 N–H and O–H groups in total. The number of benzene rings is 2. The SMILES string of the molecule is CC1(C)Cn2c(nc(-c3c[nH]c4ccc(-c5ccc(N6CCNCC6)cc5)cc34)c(C(C)(C)C)c2=O)N1. The lowest BCUT2D eigenvalue weighted by Crippen LogP contribution is -2.43. The summed E-state index contributed by atoms with van der Waals surface area (Å²) in [5, 5.41) is 7.93. The molecular formula is C30H36N6O.